The Bertz CT molecular complexity index is 616. The minimum absolute atomic E-state index is 0.00841. The van der Waals surface area contributed by atoms with Gasteiger partial charge in [-0.05, 0) is 19.3 Å². The number of nitrogens with zero attached hydrogens (tertiary/aromatic N) is 3. The van der Waals surface area contributed by atoms with Gasteiger partial charge < -0.3 is 15.0 Å². The van der Waals surface area contributed by atoms with E-state index in [1.165, 1.54) is 6.33 Å². The van der Waals surface area contributed by atoms with Gasteiger partial charge >= 0.3 is 0 Å². The first-order valence-corrected chi connectivity index (χ1v) is 9.46. The van der Waals surface area contributed by atoms with Crippen molar-refractivity contribution in [3.8, 4) is 0 Å². The summed E-state index contributed by atoms with van der Waals surface area (Å²) in [5.41, 5.74) is 0. The molecule has 2 atom stereocenters. The molecule has 2 unspecified atom stereocenters. The summed E-state index contributed by atoms with van der Waals surface area (Å²) in [7, 11) is -1.01. The van der Waals surface area contributed by atoms with Crippen LogP contribution in [0, 0.1) is 0 Å². The molecule has 0 saturated carbocycles. The van der Waals surface area contributed by atoms with Crippen LogP contribution in [0.1, 0.15) is 19.3 Å². The minimum Gasteiger partial charge on any atom is -0.376 e. The number of rotatable bonds is 5. The average Bonchev–Trinajstić information content (AvgIpc) is 3.14. The Hall–Kier alpha value is -1.41. The van der Waals surface area contributed by atoms with Gasteiger partial charge in [-0.2, -0.15) is 0 Å². The zero-order valence-corrected chi connectivity index (χ0v) is 13.6. The highest BCUT2D eigenvalue weighted by molar-refractivity contribution is 7.91. The standard InChI is InChI=1S/C14H22N4O3S/c1-18(11-4-6-22(19,20)9-11)14-7-13(16-10-17-14)15-8-12-3-2-5-21-12/h7,10-12H,2-6,8-9H2,1H3,(H,15,16,17). The monoisotopic (exact) mass is 326 g/mol. The van der Waals surface area contributed by atoms with E-state index in [9.17, 15) is 8.42 Å². The van der Waals surface area contributed by atoms with Gasteiger partial charge in [-0.25, -0.2) is 18.4 Å². The van der Waals surface area contributed by atoms with Crippen LogP contribution in [0.15, 0.2) is 12.4 Å². The third-order valence-corrected chi connectivity index (χ3v) is 6.06. The second kappa shape index (κ2) is 6.37. The lowest BCUT2D eigenvalue weighted by molar-refractivity contribution is 0.120. The van der Waals surface area contributed by atoms with Crippen LogP contribution in [0.4, 0.5) is 11.6 Å². The third-order valence-electron chi connectivity index (χ3n) is 4.30. The zero-order valence-electron chi connectivity index (χ0n) is 12.7. The highest BCUT2D eigenvalue weighted by Crippen LogP contribution is 2.22. The van der Waals surface area contributed by atoms with Gasteiger partial charge in [-0.15, -0.1) is 0 Å². The fourth-order valence-electron chi connectivity index (χ4n) is 2.93. The van der Waals surface area contributed by atoms with E-state index >= 15 is 0 Å². The first kappa shape index (κ1) is 15.5. The number of nitrogens with one attached hydrogen (secondary N) is 1. The summed E-state index contributed by atoms with van der Waals surface area (Å²) >= 11 is 0. The van der Waals surface area contributed by atoms with Crippen LogP contribution in [0.5, 0.6) is 0 Å². The summed E-state index contributed by atoms with van der Waals surface area (Å²) in [6.45, 7) is 1.57. The largest absolute Gasteiger partial charge is 0.376 e. The number of anilines is 2. The maximum Gasteiger partial charge on any atom is 0.152 e. The lowest BCUT2D eigenvalue weighted by atomic mass is 10.2. The molecule has 0 bridgehead atoms. The molecule has 0 radical (unpaired) electrons. The van der Waals surface area contributed by atoms with E-state index in [1.807, 2.05) is 18.0 Å². The molecular weight excluding hydrogens is 304 g/mol. The first-order valence-electron chi connectivity index (χ1n) is 7.64. The average molecular weight is 326 g/mol. The van der Waals surface area contributed by atoms with Crippen molar-refractivity contribution >= 4 is 21.5 Å². The minimum atomic E-state index is -2.90. The van der Waals surface area contributed by atoms with Gasteiger partial charge in [-0.3, -0.25) is 0 Å². The number of hydrogen-bond donors (Lipinski definition) is 1. The third kappa shape index (κ3) is 3.67. The Morgan fingerprint density at radius 3 is 2.95 bits per heavy atom. The van der Waals surface area contributed by atoms with Crippen LogP contribution in [0.3, 0.4) is 0 Å². The molecule has 2 aliphatic heterocycles. The predicted molar refractivity (Wildman–Crippen MR) is 85.0 cm³/mol. The molecule has 7 nitrogen and oxygen atoms in total. The van der Waals surface area contributed by atoms with E-state index in [1.54, 1.807) is 0 Å². The van der Waals surface area contributed by atoms with Gasteiger partial charge in [0.15, 0.2) is 9.84 Å². The van der Waals surface area contributed by atoms with Crippen molar-refractivity contribution in [2.45, 2.75) is 31.4 Å². The molecule has 0 aromatic carbocycles. The molecule has 2 saturated heterocycles. The number of sulfone groups is 1. The van der Waals surface area contributed by atoms with E-state index < -0.39 is 9.84 Å². The molecule has 2 aliphatic rings. The Kier molecular flexibility index (Phi) is 4.49. The molecule has 3 heterocycles. The fourth-order valence-corrected chi connectivity index (χ4v) is 4.70. The van der Waals surface area contributed by atoms with E-state index in [0.717, 1.165) is 37.6 Å². The molecular formula is C14H22N4O3S. The van der Waals surface area contributed by atoms with E-state index in [2.05, 4.69) is 15.3 Å². The Balaban J connectivity index is 1.62. The lowest BCUT2D eigenvalue weighted by Gasteiger charge is -2.24. The van der Waals surface area contributed by atoms with E-state index in [0.29, 0.717) is 6.42 Å². The lowest BCUT2D eigenvalue weighted by Crippen LogP contribution is -2.33. The summed E-state index contributed by atoms with van der Waals surface area (Å²) in [5, 5.41) is 3.27. The Morgan fingerprint density at radius 1 is 1.41 bits per heavy atom. The van der Waals surface area contributed by atoms with Crippen molar-refractivity contribution in [1.29, 1.82) is 0 Å². The van der Waals surface area contributed by atoms with Gasteiger partial charge in [0.2, 0.25) is 0 Å². The molecule has 122 valence electrons. The second-order valence-corrected chi connectivity index (χ2v) is 8.17. The second-order valence-electron chi connectivity index (χ2n) is 5.95. The fraction of sp³-hybridized carbons (Fsp3) is 0.714. The van der Waals surface area contributed by atoms with Crippen molar-refractivity contribution in [3.63, 3.8) is 0 Å². The molecule has 1 aromatic heterocycles. The maximum absolute atomic E-state index is 11.6. The summed E-state index contributed by atoms with van der Waals surface area (Å²) in [5.74, 6) is 1.95. The molecule has 0 aliphatic carbocycles. The van der Waals surface area contributed by atoms with Gasteiger partial charge in [-0.1, -0.05) is 0 Å². The normalized spacial score (nSPS) is 27.0. The van der Waals surface area contributed by atoms with Crippen molar-refractivity contribution in [2.24, 2.45) is 0 Å². The molecule has 0 spiro atoms. The Morgan fingerprint density at radius 2 is 2.27 bits per heavy atom. The molecule has 1 aromatic rings. The van der Waals surface area contributed by atoms with Gasteiger partial charge in [0.05, 0.1) is 17.6 Å². The molecule has 2 fully saturated rings. The predicted octanol–water partition coefficient (Wildman–Crippen LogP) is 0.691. The molecule has 1 N–H and O–H groups in total. The van der Waals surface area contributed by atoms with E-state index in [-0.39, 0.29) is 23.7 Å². The highest BCUT2D eigenvalue weighted by atomic mass is 32.2. The zero-order chi connectivity index (χ0) is 15.6. The van der Waals surface area contributed by atoms with Crippen LogP contribution in [-0.2, 0) is 14.6 Å². The number of ether oxygens (including phenoxy) is 1. The van der Waals surface area contributed by atoms with Crippen LogP contribution in [0.25, 0.3) is 0 Å². The van der Waals surface area contributed by atoms with Crippen LogP contribution in [-0.4, -0.2) is 62.2 Å². The number of aromatic nitrogens is 2. The first-order chi connectivity index (χ1) is 10.5. The molecule has 3 rings (SSSR count). The van der Waals surface area contributed by atoms with Crippen molar-refractivity contribution in [3.05, 3.63) is 12.4 Å². The van der Waals surface area contributed by atoms with Gasteiger partial charge in [0.1, 0.15) is 18.0 Å². The molecule has 8 heteroatoms. The Labute approximate surface area is 131 Å². The summed E-state index contributed by atoms with van der Waals surface area (Å²) < 4.78 is 28.8. The summed E-state index contributed by atoms with van der Waals surface area (Å²) in [6.07, 6.45) is 4.59. The highest BCUT2D eigenvalue weighted by Gasteiger charge is 2.31. The molecule has 0 amide bonds. The van der Waals surface area contributed by atoms with Gasteiger partial charge in [0, 0.05) is 32.3 Å². The van der Waals surface area contributed by atoms with Crippen molar-refractivity contribution in [2.75, 3.05) is 41.9 Å². The van der Waals surface area contributed by atoms with Gasteiger partial charge in [0.25, 0.3) is 0 Å². The quantitative estimate of drug-likeness (QED) is 0.852. The maximum atomic E-state index is 11.6. The van der Waals surface area contributed by atoms with Crippen LogP contribution < -0.4 is 10.2 Å². The summed E-state index contributed by atoms with van der Waals surface area (Å²) in [4.78, 5) is 10.4. The topological polar surface area (TPSA) is 84.4 Å². The van der Waals surface area contributed by atoms with Crippen LogP contribution in [0.2, 0.25) is 0 Å². The summed E-state index contributed by atoms with van der Waals surface area (Å²) in [6, 6.07) is 1.85. The number of hydrogen-bond acceptors (Lipinski definition) is 7. The van der Waals surface area contributed by atoms with Crippen molar-refractivity contribution in [1.82, 2.24) is 9.97 Å². The molecule has 22 heavy (non-hydrogen) atoms. The van der Waals surface area contributed by atoms with Crippen LogP contribution >= 0.6 is 0 Å². The SMILES string of the molecule is CN(c1cc(NCC2CCCO2)ncn1)C1CCS(=O)(=O)C1. The van der Waals surface area contributed by atoms with E-state index in [4.69, 9.17) is 4.74 Å². The van der Waals surface area contributed by atoms with Crippen molar-refractivity contribution < 1.29 is 13.2 Å². The smallest absolute Gasteiger partial charge is 0.152 e.